The first kappa shape index (κ1) is 20.8. The van der Waals surface area contributed by atoms with Gasteiger partial charge in [0.05, 0.1) is 34.5 Å². The van der Waals surface area contributed by atoms with Gasteiger partial charge in [-0.1, -0.05) is 0 Å². The fourth-order valence-electron chi connectivity index (χ4n) is 5.08. The molecule has 2 fully saturated rings. The molecule has 170 valence electrons. The van der Waals surface area contributed by atoms with Gasteiger partial charge in [0.25, 0.3) is 0 Å². The molecule has 2 atom stereocenters. The van der Waals surface area contributed by atoms with E-state index < -0.39 is 0 Å². The van der Waals surface area contributed by atoms with Crippen LogP contribution in [0, 0.1) is 11.8 Å². The van der Waals surface area contributed by atoms with Crippen molar-refractivity contribution in [2.45, 2.75) is 23.9 Å². The van der Waals surface area contributed by atoms with Crippen molar-refractivity contribution in [2.75, 3.05) is 37.8 Å². The number of methoxy groups -OCH3 is 1. The highest BCUT2D eigenvalue weighted by Gasteiger charge is 2.55. The molecule has 0 bridgehead atoms. The number of nitrogens with one attached hydrogen (secondary N) is 2. The minimum absolute atomic E-state index is 0.0246. The SMILES string of the molecule is COc1ccc2nccc(CCN3CC4C(C3)C4NCc3ccc4c(n3)NC(=O)CS4)c2n1. The Morgan fingerprint density at radius 3 is 2.91 bits per heavy atom. The molecule has 0 radical (unpaired) electrons. The smallest absolute Gasteiger partial charge is 0.235 e. The summed E-state index contributed by atoms with van der Waals surface area (Å²) in [4.78, 5) is 28.9. The molecule has 1 saturated carbocycles. The van der Waals surface area contributed by atoms with Gasteiger partial charge in [-0.3, -0.25) is 9.78 Å². The molecule has 33 heavy (non-hydrogen) atoms. The van der Waals surface area contributed by atoms with Gasteiger partial charge in [0, 0.05) is 44.5 Å². The van der Waals surface area contributed by atoms with Crippen molar-refractivity contribution >= 4 is 34.5 Å². The van der Waals surface area contributed by atoms with E-state index >= 15 is 0 Å². The van der Waals surface area contributed by atoms with Crippen molar-refractivity contribution in [2.24, 2.45) is 11.8 Å². The molecule has 8 nitrogen and oxygen atoms in total. The third kappa shape index (κ3) is 4.16. The molecule has 5 heterocycles. The predicted octanol–water partition coefficient (Wildman–Crippen LogP) is 2.34. The molecule has 3 aromatic heterocycles. The van der Waals surface area contributed by atoms with E-state index in [2.05, 4.69) is 48.7 Å². The fraction of sp³-hybridized carbons (Fsp3) is 0.417. The fourth-order valence-corrected chi connectivity index (χ4v) is 5.84. The zero-order valence-electron chi connectivity index (χ0n) is 18.5. The highest BCUT2D eigenvalue weighted by atomic mass is 32.2. The van der Waals surface area contributed by atoms with Crippen LogP contribution in [0.15, 0.2) is 41.4 Å². The molecule has 9 heteroatoms. The van der Waals surface area contributed by atoms with Gasteiger partial charge in [0.15, 0.2) is 0 Å². The number of fused-ring (bicyclic) bond motifs is 3. The van der Waals surface area contributed by atoms with Crippen LogP contribution >= 0.6 is 11.8 Å². The maximum Gasteiger partial charge on any atom is 0.235 e. The maximum absolute atomic E-state index is 11.6. The number of amides is 1. The minimum Gasteiger partial charge on any atom is -0.481 e. The summed E-state index contributed by atoms with van der Waals surface area (Å²) in [5.41, 5.74) is 4.05. The first-order chi connectivity index (χ1) is 16.2. The van der Waals surface area contributed by atoms with E-state index in [1.165, 1.54) is 5.56 Å². The van der Waals surface area contributed by atoms with E-state index in [4.69, 9.17) is 4.74 Å². The lowest BCUT2D eigenvalue weighted by molar-refractivity contribution is -0.113. The number of piperidine rings is 1. The molecule has 1 aliphatic carbocycles. The van der Waals surface area contributed by atoms with Crippen LogP contribution in [0.5, 0.6) is 5.88 Å². The lowest BCUT2D eigenvalue weighted by atomic mass is 10.1. The summed E-state index contributed by atoms with van der Waals surface area (Å²) >= 11 is 1.55. The second-order valence-electron chi connectivity index (χ2n) is 8.92. The Morgan fingerprint density at radius 2 is 2.06 bits per heavy atom. The Hall–Kier alpha value is -2.75. The first-order valence-corrected chi connectivity index (χ1v) is 12.3. The average Bonchev–Trinajstić information content (AvgIpc) is 3.30. The zero-order valence-corrected chi connectivity index (χ0v) is 19.3. The number of carbonyl (C=O) groups excluding carboxylic acids is 1. The van der Waals surface area contributed by atoms with Crippen LogP contribution in [-0.4, -0.2) is 64.3 Å². The van der Waals surface area contributed by atoms with Crippen LogP contribution in [0.25, 0.3) is 11.0 Å². The topological polar surface area (TPSA) is 92.3 Å². The number of hydrogen-bond acceptors (Lipinski definition) is 8. The molecule has 2 N–H and O–H groups in total. The molecular weight excluding hydrogens is 436 g/mol. The molecule has 0 spiro atoms. The maximum atomic E-state index is 11.6. The van der Waals surface area contributed by atoms with Crippen molar-refractivity contribution < 1.29 is 9.53 Å². The molecular formula is C24H26N6O2S. The standard InChI is InChI=1S/C24H26N6O2S/c1-32-21-5-3-18-22(29-21)14(6-8-25-18)7-9-30-11-16-17(12-30)23(16)26-10-15-2-4-19-24(27-15)28-20(31)13-33-19/h2-6,8,16-17,23,26H,7,9-13H2,1H3,(H,27,28,31). The van der Waals surface area contributed by atoms with Crippen LogP contribution in [0.4, 0.5) is 5.82 Å². The normalized spacial score (nSPS) is 23.8. The number of carbonyl (C=O) groups is 1. The van der Waals surface area contributed by atoms with E-state index in [-0.39, 0.29) is 5.91 Å². The summed E-state index contributed by atoms with van der Waals surface area (Å²) in [6.07, 6.45) is 2.82. The molecule has 6 rings (SSSR count). The lowest BCUT2D eigenvalue weighted by Gasteiger charge is -2.20. The summed E-state index contributed by atoms with van der Waals surface area (Å²) in [5, 5.41) is 6.56. The average molecular weight is 463 g/mol. The van der Waals surface area contributed by atoms with Crippen molar-refractivity contribution in [1.29, 1.82) is 0 Å². The summed E-state index contributed by atoms with van der Waals surface area (Å²) in [5.74, 6) is 3.25. The molecule has 2 unspecified atom stereocenters. The highest BCUT2D eigenvalue weighted by molar-refractivity contribution is 8.00. The van der Waals surface area contributed by atoms with Gasteiger partial charge < -0.3 is 20.3 Å². The molecule has 3 aromatic rings. The number of hydrogen-bond donors (Lipinski definition) is 2. The summed E-state index contributed by atoms with van der Waals surface area (Å²) in [6, 6.07) is 10.6. The van der Waals surface area contributed by atoms with Crippen LogP contribution in [0.2, 0.25) is 0 Å². The Labute approximate surface area is 196 Å². The Bertz CT molecular complexity index is 1210. The molecule has 0 aromatic carbocycles. The second kappa shape index (κ2) is 8.55. The number of thioether (sulfide) groups is 1. The first-order valence-electron chi connectivity index (χ1n) is 11.3. The number of likely N-dealkylation sites (tertiary alicyclic amines) is 1. The zero-order chi connectivity index (χ0) is 22.4. The lowest BCUT2D eigenvalue weighted by Crippen LogP contribution is -2.32. The van der Waals surface area contributed by atoms with Gasteiger partial charge in [-0.15, -0.1) is 11.8 Å². The van der Waals surface area contributed by atoms with E-state index in [0.29, 0.717) is 35.3 Å². The number of aromatic nitrogens is 3. The number of pyridine rings is 3. The van der Waals surface area contributed by atoms with Crippen molar-refractivity contribution in [1.82, 2.24) is 25.2 Å². The number of anilines is 1. The Balaban J connectivity index is 1.01. The third-order valence-electron chi connectivity index (χ3n) is 6.87. The summed E-state index contributed by atoms with van der Waals surface area (Å²) < 4.78 is 5.29. The minimum atomic E-state index is 0.0246. The number of nitrogens with zero attached hydrogens (tertiary/aromatic N) is 4. The van der Waals surface area contributed by atoms with Crippen LogP contribution in [0.3, 0.4) is 0 Å². The van der Waals surface area contributed by atoms with Gasteiger partial charge in [-0.2, -0.15) is 0 Å². The largest absolute Gasteiger partial charge is 0.481 e. The van der Waals surface area contributed by atoms with Gasteiger partial charge in [-0.25, -0.2) is 9.97 Å². The molecule has 2 aliphatic heterocycles. The van der Waals surface area contributed by atoms with Gasteiger partial charge in [0.2, 0.25) is 11.8 Å². The second-order valence-corrected chi connectivity index (χ2v) is 9.94. The molecule has 3 aliphatic rings. The van der Waals surface area contributed by atoms with Crippen LogP contribution < -0.4 is 15.4 Å². The van der Waals surface area contributed by atoms with Gasteiger partial charge >= 0.3 is 0 Å². The number of rotatable bonds is 7. The Kier molecular flexibility index (Phi) is 5.40. The van der Waals surface area contributed by atoms with Crippen LogP contribution in [0.1, 0.15) is 11.3 Å². The monoisotopic (exact) mass is 462 g/mol. The van der Waals surface area contributed by atoms with Crippen LogP contribution in [-0.2, 0) is 17.8 Å². The molecule has 1 amide bonds. The van der Waals surface area contributed by atoms with E-state index in [1.807, 2.05) is 18.3 Å². The van der Waals surface area contributed by atoms with E-state index in [0.717, 1.165) is 54.2 Å². The quantitative estimate of drug-likeness (QED) is 0.553. The molecule has 1 saturated heterocycles. The van der Waals surface area contributed by atoms with E-state index in [9.17, 15) is 4.79 Å². The predicted molar refractivity (Wildman–Crippen MR) is 127 cm³/mol. The third-order valence-corrected chi connectivity index (χ3v) is 7.92. The van der Waals surface area contributed by atoms with Gasteiger partial charge in [0.1, 0.15) is 5.82 Å². The van der Waals surface area contributed by atoms with Crippen molar-refractivity contribution in [3.05, 3.63) is 47.8 Å². The van der Waals surface area contributed by atoms with Gasteiger partial charge in [-0.05, 0) is 48.1 Å². The van der Waals surface area contributed by atoms with Crippen molar-refractivity contribution in [3.8, 4) is 5.88 Å². The Morgan fingerprint density at radius 1 is 1.18 bits per heavy atom. The number of ether oxygens (including phenoxy) is 1. The van der Waals surface area contributed by atoms with Crippen molar-refractivity contribution in [3.63, 3.8) is 0 Å². The summed E-state index contributed by atoms with van der Waals surface area (Å²) in [6.45, 7) is 4.03. The highest BCUT2D eigenvalue weighted by Crippen LogP contribution is 2.45. The van der Waals surface area contributed by atoms with E-state index in [1.54, 1.807) is 18.9 Å². The summed E-state index contributed by atoms with van der Waals surface area (Å²) in [7, 11) is 1.64.